The second kappa shape index (κ2) is 7.30. The van der Waals surface area contributed by atoms with Crippen LogP contribution in [0.15, 0.2) is 0 Å². The molecular formula is C16H30N2O3S. The van der Waals surface area contributed by atoms with Crippen LogP contribution in [0.2, 0.25) is 0 Å². The highest BCUT2D eigenvalue weighted by molar-refractivity contribution is 7.93. The first-order valence-electron chi connectivity index (χ1n) is 8.61. The summed E-state index contributed by atoms with van der Waals surface area (Å²) in [7, 11) is -3.43. The van der Waals surface area contributed by atoms with E-state index in [9.17, 15) is 13.2 Å². The first-order chi connectivity index (χ1) is 10.4. The summed E-state index contributed by atoms with van der Waals surface area (Å²) in [4.78, 5) is 12.6. The molecular weight excluding hydrogens is 300 g/mol. The van der Waals surface area contributed by atoms with Crippen molar-refractivity contribution in [2.45, 2.75) is 75.3 Å². The zero-order valence-electron chi connectivity index (χ0n) is 13.8. The van der Waals surface area contributed by atoms with E-state index in [0.717, 1.165) is 32.1 Å². The molecule has 0 aliphatic heterocycles. The van der Waals surface area contributed by atoms with Crippen LogP contribution >= 0.6 is 0 Å². The summed E-state index contributed by atoms with van der Waals surface area (Å²) in [6.07, 6.45) is 6.53. The second-order valence-corrected chi connectivity index (χ2v) is 9.55. The van der Waals surface area contributed by atoms with Gasteiger partial charge in [-0.05, 0) is 37.5 Å². The van der Waals surface area contributed by atoms with Crippen LogP contribution in [-0.4, -0.2) is 37.4 Å². The Morgan fingerprint density at radius 3 is 2.18 bits per heavy atom. The SMILES string of the molecule is CC(C)C(C(=O)NC(CN)C1CC1)S(=O)(=O)C1CCCCC1. The number of amides is 1. The minimum absolute atomic E-state index is 0.0738. The van der Waals surface area contributed by atoms with Crippen LogP contribution in [0, 0.1) is 11.8 Å². The Kier molecular flexibility index (Phi) is 5.88. The summed E-state index contributed by atoms with van der Waals surface area (Å²) in [5, 5.41) is 1.62. The van der Waals surface area contributed by atoms with Crippen molar-refractivity contribution in [1.82, 2.24) is 5.32 Å². The van der Waals surface area contributed by atoms with Crippen molar-refractivity contribution in [2.75, 3.05) is 6.54 Å². The monoisotopic (exact) mass is 330 g/mol. The zero-order valence-corrected chi connectivity index (χ0v) is 14.6. The van der Waals surface area contributed by atoms with Gasteiger partial charge in [0.2, 0.25) is 5.91 Å². The topological polar surface area (TPSA) is 89.3 Å². The van der Waals surface area contributed by atoms with Crippen molar-refractivity contribution in [2.24, 2.45) is 17.6 Å². The lowest BCUT2D eigenvalue weighted by atomic mass is 10.0. The highest BCUT2D eigenvalue weighted by atomic mass is 32.2. The molecule has 0 saturated heterocycles. The number of hydrogen-bond donors (Lipinski definition) is 2. The fourth-order valence-electron chi connectivity index (χ4n) is 3.56. The van der Waals surface area contributed by atoms with Crippen LogP contribution < -0.4 is 11.1 Å². The van der Waals surface area contributed by atoms with Crippen molar-refractivity contribution in [3.63, 3.8) is 0 Å². The number of hydrogen-bond acceptors (Lipinski definition) is 4. The third kappa shape index (κ3) is 4.02. The number of sulfone groups is 1. The van der Waals surface area contributed by atoms with Gasteiger partial charge in [-0.3, -0.25) is 4.79 Å². The molecule has 1 amide bonds. The average molecular weight is 330 g/mol. The smallest absolute Gasteiger partial charge is 0.238 e. The predicted octanol–water partition coefficient (Wildman–Crippen LogP) is 1.61. The van der Waals surface area contributed by atoms with E-state index in [0.29, 0.717) is 25.3 Å². The van der Waals surface area contributed by atoms with Gasteiger partial charge in [0.05, 0.1) is 5.25 Å². The normalized spacial score (nSPS) is 23.3. The summed E-state index contributed by atoms with van der Waals surface area (Å²) < 4.78 is 25.9. The Morgan fingerprint density at radius 2 is 1.73 bits per heavy atom. The third-order valence-corrected chi connectivity index (χ3v) is 7.87. The van der Waals surface area contributed by atoms with Crippen LogP contribution in [0.4, 0.5) is 0 Å². The molecule has 128 valence electrons. The predicted molar refractivity (Wildman–Crippen MR) is 88.1 cm³/mol. The molecule has 3 N–H and O–H groups in total. The summed E-state index contributed by atoms with van der Waals surface area (Å²) in [6.45, 7) is 4.02. The summed E-state index contributed by atoms with van der Waals surface area (Å²) in [5.74, 6) is -0.133. The second-order valence-electron chi connectivity index (χ2n) is 7.20. The van der Waals surface area contributed by atoms with Gasteiger partial charge in [0.1, 0.15) is 5.25 Å². The molecule has 0 heterocycles. The number of carbonyl (C=O) groups is 1. The van der Waals surface area contributed by atoms with Crippen LogP contribution in [0.5, 0.6) is 0 Å². The lowest BCUT2D eigenvalue weighted by molar-refractivity contribution is -0.122. The minimum atomic E-state index is -3.43. The molecule has 2 aliphatic carbocycles. The van der Waals surface area contributed by atoms with Gasteiger partial charge < -0.3 is 11.1 Å². The van der Waals surface area contributed by atoms with Crippen LogP contribution in [-0.2, 0) is 14.6 Å². The van der Waals surface area contributed by atoms with E-state index in [1.54, 1.807) is 0 Å². The third-order valence-electron chi connectivity index (χ3n) is 5.01. The maximum atomic E-state index is 12.9. The summed E-state index contributed by atoms with van der Waals surface area (Å²) in [6, 6.07) is -0.0738. The Bertz CT molecular complexity index is 480. The van der Waals surface area contributed by atoms with E-state index < -0.39 is 15.1 Å². The number of carbonyl (C=O) groups excluding carboxylic acids is 1. The summed E-state index contributed by atoms with van der Waals surface area (Å²) >= 11 is 0. The lowest BCUT2D eigenvalue weighted by Crippen LogP contribution is -2.52. The Labute approximate surface area is 134 Å². The largest absolute Gasteiger partial charge is 0.351 e. The first-order valence-corrected chi connectivity index (χ1v) is 10.2. The molecule has 2 saturated carbocycles. The number of rotatable bonds is 7. The average Bonchev–Trinajstić information content (AvgIpc) is 3.29. The molecule has 2 rings (SSSR count). The Morgan fingerprint density at radius 1 is 1.14 bits per heavy atom. The molecule has 0 aromatic carbocycles. The zero-order chi connectivity index (χ0) is 16.3. The van der Waals surface area contributed by atoms with Crippen molar-refractivity contribution < 1.29 is 13.2 Å². The quantitative estimate of drug-likeness (QED) is 0.742. The molecule has 2 fully saturated rings. The van der Waals surface area contributed by atoms with E-state index in [1.165, 1.54) is 0 Å². The molecule has 22 heavy (non-hydrogen) atoms. The maximum absolute atomic E-state index is 12.9. The van der Waals surface area contributed by atoms with Crippen molar-refractivity contribution in [1.29, 1.82) is 0 Å². The molecule has 6 heteroatoms. The maximum Gasteiger partial charge on any atom is 0.238 e. The molecule has 0 aromatic rings. The number of nitrogens with two attached hydrogens (primary N) is 1. The molecule has 0 aromatic heterocycles. The van der Waals surface area contributed by atoms with Gasteiger partial charge in [-0.2, -0.15) is 0 Å². The van der Waals surface area contributed by atoms with E-state index in [-0.39, 0.29) is 23.1 Å². The fraction of sp³-hybridized carbons (Fsp3) is 0.938. The van der Waals surface area contributed by atoms with Gasteiger partial charge in [0.15, 0.2) is 9.84 Å². The van der Waals surface area contributed by atoms with Gasteiger partial charge in [0.25, 0.3) is 0 Å². The highest BCUT2D eigenvalue weighted by Gasteiger charge is 2.42. The molecule has 0 spiro atoms. The number of nitrogens with one attached hydrogen (secondary N) is 1. The fourth-order valence-corrected chi connectivity index (χ4v) is 6.10. The van der Waals surface area contributed by atoms with E-state index in [4.69, 9.17) is 5.73 Å². The van der Waals surface area contributed by atoms with E-state index in [2.05, 4.69) is 5.32 Å². The van der Waals surface area contributed by atoms with Crippen molar-refractivity contribution in [3.05, 3.63) is 0 Å². The minimum Gasteiger partial charge on any atom is -0.351 e. The van der Waals surface area contributed by atoms with Crippen LogP contribution in [0.1, 0.15) is 58.8 Å². The Balaban J connectivity index is 2.11. The molecule has 2 unspecified atom stereocenters. The van der Waals surface area contributed by atoms with Gasteiger partial charge in [0, 0.05) is 12.6 Å². The van der Waals surface area contributed by atoms with E-state index in [1.807, 2.05) is 13.8 Å². The van der Waals surface area contributed by atoms with E-state index >= 15 is 0 Å². The van der Waals surface area contributed by atoms with Gasteiger partial charge in [-0.1, -0.05) is 33.1 Å². The van der Waals surface area contributed by atoms with Gasteiger partial charge >= 0.3 is 0 Å². The van der Waals surface area contributed by atoms with Crippen molar-refractivity contribution >= 4 is 15.7 Å². The van der Waals surface area contributed by atoms with Crippen LogP contribution in [0.25, 0.3) is 0 Å². The Hall–Kier alpha value is -0.620. The first kappa shape index (κ1) is 17.7. The molecule has 5 nitrogen and oxygen atoms in total. The van der Waals surface area contributed by atoms with Gasteiger partial charge in [-0.25, -0.2) is 8.42 Å². The lowest BCUT2D eigenvalue weighted by Gasteiger charge is -2.29. The molecule has 0 bridgehead atoms. The standard InChI is InChI=1S/C16H30N2O3S/c1-11(2)15(16(19)18-14(10-17)12-8-9-12)22(20,21)13-6-4-3-5-7-13/h11-15H,3-10,17H2,1-2H3,(H,18,19). The van der Waals surface area contributed by atoms with Gasteiger partial charge in [-0.15, -0.1) is 0 Å². The summed E-state index contributed by atoms with van der Waals surface area (Å²) in [5.41, 5.74) is 5.73. The molecule has 0 radical (unpaired) electrons. The molecule has 2 atom stereocenters. The van der Waals surface area contributed by atoms with Crippen LogP contribution in [0.3, 0.4) is 0 Å². The highest BCUT2D eigenvalue weighted by Crippen LogP contribution is 2.33. The van der Waals surface area contributed by atoms with Crippen molar-refractivity contribution in [3.8, 4) is 0 Å². The molecule has 2 aliphatic rings.